The van der Waals surface area contributed by atoms with Gasteiger partial charge >= 0.3 is 0 Å². The highest BCUT2D eigenvalue weighted by molar-refractivity contribution is 5.44. The number of rotatable bonds is 13. The monoisotopic (exact) mass is 788 g/mol. The highest BCUT2D eigenvalue weighted by atomic mass is 16.8. The number of benzene rings is 1. The van der Waals surface area contributed by atoms with Crippen LogP contribution in [0.4, 0.5) is 0 Å². The van der Waals surface area contributed by atoms with Crippen LogP contribution in [0, 0.1) is 0 Å². The molecule has 4 saturated heterocycles. The SMILES string of the molecule is COc1cc(OC2OC(COC3OC(COC4OC(COC5OC(CO)C(O)C(O)C5O)C(O)C(O)C4O)C(O)C(O)C3O)C(O)C(O)C2O)ccc1O. The fourth-order valence-electron chi connectivity index (χ4n) is 6.18. The largest absolute Gasteiger partial charge is 0.504 e. The third-order valence-corrected chi connectivity index (χ3v) is 9.53. The summed E-state index contributed by atoms with van der Waals surface area (Å²) in [5.74, 6) is -0.133. The van der Waals surface area contributed by atoms with Gasteiger partial charge in [-0.2, -0.15) is 0 Å². The first kappa shape index (κ1) is 43.0. The van der Waals surface area contributed by atoms with Gasteiger partial charge in [-0.05, 0) is 12.1 Å². The molecule has 4 aliphatic rings. The highest BCUT2D eigenvalue weighted by Gasteiger charge is 2.50. The average molecular weight is 789 g/mol. The molecule has 14 N–H and O–H groups in total. The molecule has 4 fully saturated rings. The Labute approximate surface area is 306 Å². The van der Waals surface area contributed by atoms with Gasteiger partial charge in [0.05, 0.1) is 33.5 Å². The molecule has 0 aromatic heterocycles. The minimum Gasteiger partial charge on any atom is -0.504 e. The van der Waals surface area contributed by atoms with E-state index in [9.17, 15) is 71.5 Å². The molecule has 23 nitrogen and oxygen atoms in total. The smallest absolute Gasteiger partial charge is 0.229 e. The van der Waals surface area contributed by atoms with Crippen LogP contribution >= 0.6 is 0 Å². The summed E-state index contributed by atoms with van der Waals surface area (Å²) in [5, 5.41) is 144. The van der Waals surface area contributed by atoms with Crippen molar-refractivity contribution in [1.29, 1.82) is 0 Å². The predicted molar refractivity (Wildman–Crippen MR) is 167 cm³/mol. The Kier molecular flexibility index (Phi) is 14.6. The number of hydrogen-bond acceptors (Lipinski definition) is 23. The molecule has 20 atom stereocenters. The van der Waals surface area contributed by atoms with Gasteiger partial charge in [0.2, 0.25) is 6.29 Å². The zero-order chi connectivity index (χ0) is 39.6. The molecule has 0 radical (unpaired) electrons. The van der Waals surface area contributed by atoms with Gasteiger partial charge in [-0.25, -0.2) is 0 Å². The summed E-state index contributed by atoms with van der Waals surface area (Å²) >= 11 is 0. The summed E-state index contributed by atoms with van der Waals surface area (Å²) in [6.45, 7) is -2.73. The lowest BCUT2D eigenvalue weighted by Crippen LogP contribution is -2.63. The maximum Gasteiger partial charge on any atom is 0.229 e. The van der Waals surface area contributed by atoms with Gasteiger partial charge in [0.25, 0.3) is 0 Å². The van der Waals surface area contributed by atoms with E-state index in [2.05, 4.69) is 0 Å². The van der Waals surface area contributed by atoms with Gasteiger partial charge in [-0.1, -0.05) is 0 Å². The Morgan fingerprint density at radius 1 is 0.481 bits per heavy atom. The van der Waals surface area contributed by atoms with Crippen molar-refractivity contribution in [2.24, 2.45) is 0 Å². The Morgan fingerprint density at radius 3 is 1.22 bits per heavy atom. The summed E-state index contributed by atoms with van der Waals surface area (Å²) in [5.41, 5.74) is 0. The van der Waals surface area contributed by atoms with E-state index in [1.54, 1.807) is 0 Å². The molecular weight excluding hydrogens is 740 g/mol. The quantitative estimate of drug-likeness (QED) is 0.0882. The fourth-order valence-corrected chi connectivity index (χ4v) is 6.18. The third kappa shape index (κ3) is 9.17. The molecule has 4 aliphatic heterocycles. The molecule has 54 heavy (non-hydrogen) atoms. The molecule has 23 heteroatoms. The van der Waals surface area contributed by atoms with Gasteiger partial charge in [-0.3, -0.25) is 0 Å². The number of phenols is 1. The van der Waals surface area contributed by atoms with E-state index >= 15 is 0 Å². The summed E-state index contributed by atoms with van der Waals surface area (Å²) in [4.78, 5) is 0. The van der Waals surface area contributed by atoms with Crippen LogP contribution in [0.3, 0.4) is 0 Å². The highest BCUT2D eigenvalue weighted by Crippen LogP contribution is 2.33. The van der Waals surface area contributed by atoms with Crippen LogP contribution in [0.15, 0.2) is 18.2 Å². The van der Waals surface area contributed by atoms with Crippen molar-refractivity contribution in [3.05, 3.63) is 18.2 Å². The standard InChI is InChI=1S/C31H48O23/c1-46-11-4-9(2-3-10(11)33)50-31-27(45)23(41)19(37)15(54-31)8-49-30-26(44)22(40)18(36)14(53-30)7-48-29-25(43)21(39)17(35)13(52-29)6-47-28-24(42)20(38)16(34)12(5-32)51-28/h2-4,12-45H,5-8H2,1H3. The molecule has 20 unspecified atom stereocenters. The number of methoxy groups -OCH3 is 1. The molecule has 0 bridgehead atoms. The average Bonchev–Trinajstić information content (AvgIpc) is 3.16. The van der Waals surface area contributed by atoms with Crippen molar-refractivity contribution in [3.8, 4) is 17.2 Å². The van der Waals surface area contributed by atoms with Crippen LogP contribution in [0.2, 0.25) is 0 Å². The Hall–Kier alpha value is -2.18. The normalized spacial score (nSPS) is 45.9. The lowest BCUT2D eigenvalue weighted by Gasteiger charge is -2.44. The lowest BCUT2D eigenvalue weighted by molar-refractivity contribution is -0.346. The molecule has 0 saturated carbocycles. The molecule has 1 aromatic rings. The molecule has 4 heterocycles. The second kappa shape index (κ2) is 18.4. The molecule has 310 valence electrons. The zero-order valence-corrected chi connectivity index (χ0v) is 28.5. The van der Waals surface area contributed by atoms with Crippen molar-refractivity contribution in [2.75, 3.05) is 33.5 Å². The van der Waals surface area contributed by atoms with Crippen LogP contribution in [-0.2, 0) is 33.2 Å². The number of ether oxygens (including phenoxy) is 9. The molecular formula is C31H48O23. The molecule has 1 aromatic carbocycles. The minimum absolute atomic E-state index is 0.0278. The minimum atomic E-state index is -1.91. The number of aliphatic hydroxyl groups excluding tert-OH is 13. The van der Waals surface area contributed by atoms with E-state index in [-0.39, 0.29) is 17.2 Å². The summed E-state index contributed by atoms with van der Waals surface area (Å²) in [7, 11) is 1.29. The summed E-state index contributed by atoms with van der Waals surface area (Å²) in [6.07, 6.45) is -34.1. The Bertz CT molecular complexity index is 1330. The van der Waals surface area contributed by atoms with E-state index in [0.29, 0.717) is 0 Å². The predicted octanol–water partition coefficient (Wildman–Crippen LogP) is -7.95. The van der Waals surface area contributed by atoms with Crippen LogP contribution in [-0.4, -0.2) is 228 Å². The second-order valence-corrected chi connectivity index (χ2v) is 13.2. The van der Waals surface area contributed by atoms with Crippen LogP contribution in [0.1, 0.15) is 0 Å². The van der Waals surface area contributed by atoms with Gasteiger partial charge in [0, 0.05) is 6.07 Å². The first-order chi connectivity index (χ1) is 25.6. The zero-order valence-electron chi connectivity index (χ0n) is 28.5. The van der Waals surface area contributed by atoms with E-state index < -0.39 is 149 Å². The topological polar surface area (TPSA) is 366 Å². The lowest BCUT2D eigenvalue weighted by atomic mass is 9.98. The number of aliphatic hydroxyl groups is 13. The van der Waals surface area contributed by atoms with Crippen LogP contribution < -0.4 is 9.47 Å². The third-order valence-electron chi connectivity index (χ3n) is 9.53. The Balaban J connectivity index is 1.17. The van der Waals surface area contributed by atoms with E-state index in [0.717, 1.165) is 0 Å². The molecule has 5 rings (SSSR count). The molecule has 0 amide bonds. The van der Waals surface area contributed by atoms with E-state index in [1.165, 1.54) is 25.3 Å². The van der Waals surface area contributed by atoms with E-state index in [4.69, 9.17) is 42.6 Å². The summed E-state index contributed by atoms with van der Waals surface area (Å²) in [6, 6.07) is 3.83. The number of aromatic hydroxyl groups is 1. The maximum atomic E-state index is 10.6. The van der Waals surface area contributed by atoms with Crippen LogP contribution in [0.5, 0.6) is 17.2 Å². The Morgan fingerprint density at radius 2 is 0.833 bits per heavy atom. The summed E-state index contributed by atoms with van der Waals surface area (Å²) < 4.78 is 49.0. The van der Waals surface area contributed by atoms with Gasteiger partial charge in [-0.15, -0.1) is 0 Å². The van der Waals surface area contributed by atoms with Crippen LogP contribution in [0.25, 0.3) is 0 Å². The molecule has 0 aliphatic carbocycles. The second-order valence-electron chi connectivity index (χ2n) is 13.2. The van der Waals surface area contributed by atoms with Crippen molar-refractivity contribution in [3.63, 3.8) is 0 Å². The molecule has 0 spiro atoms. The van der Waals surface area contributed by atoms with Crippen molar-refractivity contribution in [2.45, 2.75) is 123 Å². The van der Waals surface area contributed by atoms with E-state index in [1.807, 2.05) is 0 Å². The first-order valence-corrected chi connectivity index (χ1v) is 16.9. The number of hydrogen-bond donors (Lipinski definition) is 14. The maximum absolute atomic E-state index is 10.6. The van der Waals surface area contributed by atoms with Crippen molar-refractivity contribution in [1.82, 2.24) is 0 Å². The van der Waals surface area contributed by atoms with Gasteiger partial charge in [0.1, 0.15) is 103 Å². The fraction of sp³-hybridized carbons (Fsp3) is 0.806. The number of phenolic OH excluding ortho intramolecular Hbond substituents is 1. The van der Waals surface area contributed by atoms with Crippen molar-refractivity contribution >= 4 is 0 Å². The first-order valence-electron chi connectivity index (χ1n) is 16.9. The van der Waals surface area contributed by atoms with Crippen molar-refractivity contribution < 1.29 is 114 Å². The van der Waals surface area contributed by atoms with Gasteiger partial charge in [0.15, 0.2) is 30.4 Å². The van der Waals surface area contributed by atoms with Gasteiger partial charge < -0.3 is 114 Å².